The van der Waals surface area contributed by atoms with E-state index >= 15 is 0 Å². The fraction of sp³-hybridized carbons (Fsp3) is 0.435. The number of carbonyl (C=O) groups excluding carboxylic acids is 1. The number of rotatable bonds is 6. The third-order valence-electron chi connectivity index (χ3n) is 6.57. The number of amides is 2. The zero-order chi connectivity index (χ0) is 23.7. The molecular weight excluding hydrogens is 452 g/mol. The van der Waals surface area contributed by atoms with Gasteiger partial charge in [-0.15, -0.1) is 6.42 Å². The van der Waals surface area contributed by atoms with E-state index in [1.54, 1.807) is 12.4 Å². The number of hydrogen-bond acceptors (Lipinski definition) is 8. The number of nitrogens with two attached hydrogens (primary N) is 1. The van der Waals surface area contributed by atoms with Crippen molar-refractivity contribution in [2.75, 3.05) is 35.6 Å². The highest BCUT2D eigenvalue weighted by atomic mass is 32.2. The van der Waals surface area contributed by atoms with E-state index in [0.29, 0.717) is 59.9 Å². The lowest BCUT2D eigenvalue weighted by Gasteiger charge is -2.43. The molecule has 0 spiro atoms. The van der Waals surface area contributed by atoms with Gasteiger partial charge in [-0.05, 0) is 31.3 Å². The van der Waals surface area contributed by atoms with E-state index in [1.807, 2.05) is 0 Å². The lowest BCUT2D eigenvalue weighted by Crippen LogP contribution is -2.54. The average molecular weight is 479 g/mol. The van der Waals surface area contributed by atoms with Crippen LogP contribution >= 0.6 is 0 Å². The first kappa shape index (κ1) is 22.3. The number of aryl methyl sites for hydroxylation is 1. The number of aromatic nitrogens is 4. The highest BCUT2D eigenvalue weighted by molar-refractivity contribution is 7.85. The normalized spacial score (nSPS) is 20.5. The zero-order valence-corrected chi connectivity index (χ0v) is 19.5. The van der Waals surface area contributed by atoms with Gasteiger partial charge in [-0.25, -0.2) is 19.7 Å². The number of terminal acetylenes is 1. The average Bonchev–Trinajstić information content (AvgIpc) is 3.21. The molecule has 1 atom stereocenters. The number of nitrogens with zero attached hydrogens (tertiary/aromatic N) is 5. The van der Waals surface area contributed by atoms with Gasteiger partial charge in [0.05, 0.1) is 27.6 Å². The Bertz CT molecular complexity index is 1220. The van der Waals surface area contributed by atoms with Crippen LogP contribution < -0.4 is 21.3 Å². The van der Waals surface area contributed by atoms with E-state index in [4.69, 9.17) is 22.1 Å². The number of anilines is 2. The first-order valence-electron chi connectivity index (χ1n) is 11.3. The van der Waals surface area contributed by atoms with E-state index in [1.165, 1.54) is 0 Å². The molecule has 0 saturated heterocycles. The molecule has 4 N–H and O–H groups in total. The van der Waals surface area contributed by atoms with Crippen molar-refractivity contribution in [2.45, 2.75) is 42.5 Å². The van der Waals surface area contributed by atoms with Gasteiger partial charge >= 0.3 is 6.03 Å². The van der Waals surface area contributed by atoms with Crippen LogP contribution in [0.25, 0.3) is 5.57 Å². The summed E-state index contributed by atoms with van der Waals surface area (Å²) in [6, 6.07) is -0.556. The van der Waals surface area contributed by atoms with Crippen LogP contribution in [0.5, 0.6) is 0 Å². The molecule has 2 aromatic heterocycles. The highest BCUT2D eigenvalue weighted by Gasteiger charge is 2.39. The van der Waals surface area contributed by atoms with Gasteiger partial charge in [-0.2, -0.15) is 4.98 Å². The molecule has 0 bridgehead atoms. The standard InChI is InChI=1S/C23H26N8O2S/c1-2-15-12-25-19(26-13-15)16-4-9-31(10-5-16)22-28-17-6-11-34(33)18(17)20(29-22)30-23(7-3-8-23)14-27-21(24)32/h1,4,12-13H,3,5-11,14H2,(H3,24,27,32)(H,28,29,30)/t34-/m0/s1. The summed E-state index contributed by atoms with van der Waals surface area (Å²) in [5.41, 5.74) is 7.50. The van der Waals surface area contributed by atoms with Crippen molar-refractivity contribution in [1.82, 2.24) is 25.3 Å². The first-order chi connectivity index (χ1) is 16.5. The van der Waals surface area contributed by atoms with Gasteiger partial charge in [0.15, 0.2) is 5.82 Å². The molecule has 34 heavy (non-hydrogen) atoms. The minimum Gasteiger partial charge on any atom is -0.362 e. The third kappa shape index (κ3) is 4.33. The Morgan fingerprint density at radius 3 is 2.68 bits per heavy atom. The van der Waals surface area contributed by atoms with E-state index < -0.39 is 16.8 Å². The van der Waals surface area contributed by atoms with Crippen LogP contribution in [0.3, 0.4) is 0 Å². The van der Waals surface area contributed by atoms with Crippen LogP contribution in [0.15, 0.2) is 23.4 Å². The topological polar surface area (TPSA) is 139 Å². The summed E-state index contributed by atoms with van der Waals surface area (Å²) in [5, 5.41) is 6.22. The molecule has 2 aromatic rings. The van der Waals surface area contributed by atoms with Crippen LogP contribution in [0, 0.1) is 12.3 Å². The van der Waals surface area contributed by atoms with Crippen LogP contribution in [0.2, 0.25) is 0 Å². The Labute approximate surface area is 200 Å². The number of urea groups is 1. The van der Waals surface area contributed by atoms with Crippen molar-refractivity contribution in [3.05, 3.63) is 35.6 Å². The van der Waals surface area contributed by atoms with Crippen LogP contribution in [0.4, 0.5) is 16.6 Å². The molecule has 11 heteroatoms. The summed E-state index contributed by atoms with van der Waals surface area (Å²) in [6.07, 6.45) is 15.0. The molecule has 1 aliphatic carbocycles. The van der Waals surface area contributed by atoms with Gasteiger partial charge in [-0.1, -0.05) is 12.0 Å². The Balaban J connectivity index is 1.39. The lowest BCUT2D eigenvalue weighted by molar-refractivity contribution is 0.233. The molecule has 0 aromatic carbocycles. The number of fused-ring (bicyclic) bond motifs is 1. The predicted molar refractivity (Wildman–Crippen MR) is 130 cm³/mol. The van der Waals surface area contributed by atoms with Crippen molar-refractivity contribution in [2.24, 2.45) is 5.73 Å². The number of carbonyl (C=O) groups is 1. The summed E-state index contributed by atoms with van der Waals surface area (Å²) in [5.74, 6) is 4.96. The number of hydrogen-bond donors (Lipinski definition) is 3. The van der Waals surface area contributed by atoms with E-state index in [-0.39, 0.29) is 5.54 Å². The van der Waals surface area contributed by atoms with Crippen LogP contribution in [-0.2, 0) is 17.2 Å². The minimum atomic E-state index is -1.14. The van der Waals surface area contributed by atoms with Gasteiger partial charge in [0, 0.05) is 44.2 Å². The van der Waals surface area contributed by atoms with E-state index in [2.05, 4.69) is 37.5 Å². The first-order valence-corrected chi connectivity index (χ1v) is 12.6. The molecule has 10 nitrogen and oxygen atoms in total. The molecule has 0 unspecified atom stereocenters. The predicted octanol–water partition coefficient (Wildman–Crippen LogP) is 1.21. The molecule has 1 fully saturated rings. The Kier molecular flexibility index (Phi) is 5.91. The molecule has 2 aliphatic heterocycles. The van der Waals surface area contributed by atoms with Crippen molar-refractivity contribution in [1.29, 1.82) is 0 Å². The van der Waals surface area contributed by atoms with E-state index in [0.717, 1.165) is 37.0 Å². The van der Waals surface area contributed by atoms with E-state index in [9.17, 15) is 9.00 Å². The molecule has 0 radical (unpaired) electrons. The highest BCUT2D eigenvalue weighted by Crippen LogP contribution is 2.38. The maximum atomic E-state index is 12.7. The third-order valence-corrected chi connectivity index (χ3v) is 8.03. The summed E-state index contributed by atoms with van der Waals surface area (Å²) >= 11 is 0. The molecular formula is C23H26N8O2S. The van der Waals surface area contributed by atoms with Crippen LogP contribution in [0.1, 0.15) is 42.8 Å². The second-order valence-corrected chi connectivity index (χ2v) is 10.3. The Morgan fingerprint density at radius 2 is 2.06 bits per heavy atom. The van der Waals surface area contributed by atoms with Crippen molar-refractivity contribution >= 4 is 34.2 Å². The molecule has 1 saturated carbocycles. The maximum absolute atomic E-state index is 12.7. The fourth-order valence-corrected chi connectivity index (χ4v) is 5.80. The molecule has 4 heterocycles. The quantitative estimate of drug-likeness (QED) is 0.527. The zero-order valence-electron chi connectivity index (χ0n) is 18.7. The minimum absolute atomic E-state index is 0.335. The Hall–Kier alpha value is -3.52. The molecule has 2 amide bonds. The second-order valence-electron chi connectivity index (χ2n) is 8.79. The van der Waals surface area contributed by atoms with Gasteiger partial charge in [0.2, 0.25) is 5.95 Å². The lowest BCUT2D eigenvalue weighted by atomic mass is 9.76. The van der Waals surface area contributed by atoms with Crippen LogP contribution in [-0.4, -0.2) is 61.1 Å². The number of primary amides is 1. The fourth-order valence-electron chi connectivity index (χ4n) is 4.49. The van der Waals surface area contributed by atoms with Crippen molar-refractivity contribution in [3.63, 3.8) is 0 Å². The summed E-state index contributed by atoms with van der Waals surface area (Å²) in [6.45, 7) is 1.73. The van der Waals surface area contributed by atoms with Gasteiger partial charge < -0.3 is 21.3 Å². The van der Waals surface area contributed by atoms with Gasteiger partial charge in [-0.3, -0.25) is 4.21 Å². The number of nitrogens with one attached hydrogen (secondary N) is 2. The van der Waals surface area contributed by atoms with Gasteiger partial charge in [0.25, 0.3) is 0 Å². The largest absolute Gasteiger partial charge is 0.362 e. The summed E-state index contributed by atoms with van der Waals surface area (Å²) < 4.78 is 12.7. The molecule has 3 aliphatic rings. The molecule has 176 valence electrons. The monoisotopic (exact) mass is 478 g/mol. The second kappa shape index (κ2) is 9.02. The van der Waals surface area contributed by atoms with Crippen molar-refractivity contribution < 1.29 is 9.00 Å². The Morgan fingerprint density at radius 1 is 1.26 bits per heavy atom. The van der Waals surface area contributed by atoms with Crippen molar-refractivity contribution in [3.8, 4) is 12.3 Å². The maximum Gasteiger partial charge on any atom is 0.312 e. The SMILES string of the molecule is C#Cc1cnc(C2=CCN(c3nc4c(c(NC5(CNC(N)=O)CCC5)n3)[S@@](=O)CC4)CC2)nc1. The van der Waals surface area contributed by atoms with Gasteiger partial charge in [0.1, 0.15) is 10.7 Å². The smallest absolute Gasteiger partial charge is 0.312 e. The summed E-state index contributed by atoms with van der Waals surface area (Å²) in [7, 11) is -1.14. The molecule has 5 rings (SSSR count). The summed E-state index contributed by atoms with van der Waals surface area (Å²) in [4.78, 5) is 32.4.